The van der Waals surface area contributed by atoms with Crippen molar-refractivity contribution in [1.82, 2.24) is 10.6 Å². The van der Waals surface area contributed by atoms with E-state index in [0.717, 1.165) is 19.5 Å². The molecular weight excluding hydrogens is 216 g/mol. The average molecular weight is 236 g/mol. The molecule has 0 radical (unpaired) electrons. The van der Waals surface area contributed by atoms with Crippen molar-refractivity contribution in [3.8, 4) is 0 Å². The van der Waals surface area contributed by atoms with Gasteiger partial charge >= 0.3 is 0 Å². The average Bonchev–Trinajstić information content (AvgIpc) is 2.40. The highest BCUT2D eigenvalue weighted by atomic mass is 32.2. The van der Waals surface area contributed by atoms with Crippen LogP contribution in [-0.2, 0) is 5.41 Å². The van der Waals surface area contributed by atoms with E-state index in [9.17, 15) is 0 Å². The van der Waals surface area contributed by atoms with Gasteiger partial charge in [0.1, 0.15) is 5.50 Å². The van der Waals surface area contributed by atoms with Gasteiger partial charge in [-0.05, 0) is 18.2 Å². The monoisotopic (exact) mass is 236 g/mol. The topological polar surface area (TPSA) is 24.1 Å². The van der Waals surface area contributed by atoms with Gasteiger partial charge < -0.3 is 0 Å². The third-order valence-corrected chi connectivity index (χ3v) is 4.36. The molecular formula is C13H20N2S. The zero-order valence-corrected chi connectivity index (χ0v) is 10.8. The number of benzene rings is 1. The maximum atomic E-state index is 3.56. The Balaban J connectivity index is 2.16. The second kappa shape index (κ2) is 5.21. The van der Waals surface area contributed by atoms with Gasteiger partial charge in [-0.25, -0.2) is 0 Å². The van der Waals surface area contributed by atoms with Gasteiger partial charge in [0.15, 0.2) is 0 Å². The van der Waals surface area contributed by atoms with E-state index in [-0.39, 0.29) is 5.41 Å². The number of thioether (sulfide) groups is 1. The van der Waals surface area contributed by atoms with Crippen LogP contribution in [0.25, 0.3) is 0 Å². The maximum absolute atomic E-state index is 3.56. The predicted octanol–water partition coefficient (Wildman–Crippen LogP) is 2.17. The fourth-order valence-electron chi connectivity index (χ4n) is 2.33. The van der Waals surface area contributed by atoms with Crippen LogP contribution in [0, 0.1) is 0 Å². The van der Waals surface area contributed by atoms with Gasteiger partial charge in [-0.15, -0.1) is 11.8 Å². The highest BCUT2D eigenvalue weighted by Crippen LogP contribution is 2.29. The third kappa shape index (κ3) is 2.26. The Kier molecular flexibility index (Phi) is 3.90. The maximum Gasteiger partial charge on any atom is 0.105 e. The molecule has 0 bridgehead atoms. The smallest absolute Gasteiger partial charge is 0.105 e. The van der Waals surface area contributed by atoms with Crippen LogP contribution >= 0.6 is 11.8 Å². The summed E-state index contributed by atoms with van der Waals surface area (Å²) in [5.41, 5.74) is 2.11. The van der Waals surface area contributed by atoms with E-state index in [1.54, 1.807) is 0 Å². The largest absolute Gasteiger partial charge is 0.292 e. The normalized spacial score (nSPS) is 30.2. The predicted molar refractivity (Wildman–Crippen MR) is 71.7 cm³/mol. The van der Waals surface area contributed by atoms with E-state index in [1.807, 2.05) is 11.8 Å². The fraction of sp³-hybridized carbons (Fsp3) is 0.538. The minimum atomic E-state index is 0.257. The molecule has 2 N–H and O–H groups in total. The molecule has 0 aromatic heterocycles. The number of hydrogen-bond donors (Lipinski definition) is 2. The first-order chi connectivity index (χ1) is 7.80. The van der Waals surface area contributed by atoms with Crippen molar-refractivity contribution in [3.63, 3.8) is 0 Å². The molecule has 1 aliphatic rings. The van der Waals surface area contributed by atoms with Gasteiger partial charge in [-0.3, -0.25) is 10.6 Å². The molecule has 0 spiro atoms. The van der Waals surface area contributed by atoms with Crippen LogP contribution in [0.1, 0.15) is 18.9 Å². The molecule has 0 unspecified atom stereocenters. The molecule has 0 aliphatic carbocycles. The van der Waals surface area contributed by atoms with Gasteiger partial charge in [-0.1, -0.05) is 37.3 Å². The van der Waals surface area contributed by atoms with Crippen LogP contribution in [-0.4, -0.2) is 24.8 Å². The van der Waals surface area contributed by atoms with E-state index in [0.29, 0.717) is 5.50 Å². The van der Waals surface area contributed by atoms with E-state index in [2.05, 4.69) is 54.1 Å². The molecule has 2 rings (SSSR count). The van der Waals surface area contributed by atoms with Crippen molar-refractivity contribution in [1.29, 1.82) is 0 Å². The summed E-state index contributed by atoms with van der Waals surface area (Å²) in [7, 11) is 0. The fourth-order valence-corrected chi connectivity index (χ4v) is 2.83. The van der Waals surface area contributed by atoms with Gasteiger partial charge in [0.25, 0.3) is 0 Å². The SMILES string of the molecule is CCC1(c2ccccc2)CNC(SC)NC1. The molecule has 1 fully saturated rings. The summed E-state index contributed by atoms with van der Waals surface area (Å²) in [6, 6.07) is 10.8. The first-order valence-electron chi connectivity index (χ1n) is 5.86. The zero-order chi connectivity index (χ0) is 11.4. The molecule has 1 saturated heterocycles. The van der Waals surface area contributed by atoms with Gasteiger partial charge in [-0.2, -0.15) is 0 Å². The second-order valence-electron chi connectivity index (χ2n) is 4.38. The van der Waals surface area contributed by atoms with Crippen molar-refractivity contribution in [2.75, 3.05) is 19.3 Å². The summed E-state index contributed by atoms with van der Waals surface area (Å²) in [5.74, 6) is 0. The molecule has 0 saturated carbocycles. The van der Waals surface area contributed by atoms with Gasteiger partial charge in [0.05, 0.1) is 0 Å². The summed E-state index contributed by atoms with van der Waals surface area (Å²) in [4.78, 5) is 0. The summed E-state index contributed by atoms with van der Waals surface area (Å²) in [6.45, 7) is 4.40. The summed E-state index contributed by atoms with van der Waals surface area (Å²) in [5, 5.41) is 7.12. The minimum absolute atomic E-state index is 0.257. The van der Waals surface area contributed by atoms with Crippen molar-refractivity contribution in [2.45, 2.75) is 24.3 Å². The van der Waals surface area contributed by atoms with Crippen molar-refractivity contribution < 1.29 is 0 Å². The molecule has 0 atom stereocenters. The molecule has 88 valence electrons. The Morgan fingerprint density at radius 3 is 2.38 bits per heavy atom. The van der Waals surface area contributed by atoms with E-state index in [4.69, 9.17) is 0 Å². The summed E-state index contributed by atoms with van der Waals surface area (Å²) < 4.78 is 0. The van der Waals surface area contributed by atoms with Crippen LogP contribution in [0.5, 0.6) is 0 Å². The van der Waals surface area contributed by atoms with E-state index in [1.165, 1.54) is 5.56 Å². The number of nitrogens with one attached hydrogen (secondary N) is 2. The Labute approximate surface area is 102 Å². The summed E-state index contributed by atoms with van der Waals surface area (Å²) >= 11 is 1.83. The third-order valence-electron chi connectivity index (χ3n) is 3.55. The lowest BCUT2D eigenvalue weighted by molar-refractivity contribution is 0.291. The Morgan fingerprint density at radius 1 is 1.25 bits per heavy atom. The lowest BCUT2D eigenvalue weighted by Gasteiger charge is -2.41. The highest BCUT2D eigenvalue weighted by Gasteiger charge is 2.34. The van der Waals surface area contributed by atoms with Crippen LogP contribution in [0.15, 0.2) is 30.3 Å². The lowest BCUT2D eigenvalue weighted by Crippen LogP contribution is -2.58. The first-order valence-corrected chi connectivity index (χ1v) is 7.14. The molecule has 0 amide bonds. The molecule has 1 aromatic carbocycles. The molecule has 16 heavy (non-hydrogen) atoms. The van der Waals surface area contributed by atoms with E-state index < -0.39 is 0 Å². The zero-order valence-electron chi connectivity index (χ0n) is 9.99. The molecule has 2 nitrogen and oxygen atoms in total. The van der Waals surface area contributed by atoms with Crippen LogP contribution in [0.3, 0.4) is 0 Å². The minimum Gasteiger partial charge on any atom is -0.292 e. The molecule has 3 heteroatoms. The van der Waals surface area contributed by atoms with Crippen LogP contribution in [0.2, 0.25) is 0 Å². The van der Waals surface area contributed by atoms with Crippen molar-refractivity contribution >= 4 is 11.8 Å². The number of hydrogen-bond acceptors (Lipinski definition) is 3. The van der Waals surface area contributed by atoms with Crippen molar-refractivity contribution in [3.05, 3.63) is 35.9 Å². The second-order valence-corrected chi connectivity index (χ2v) is 5.32. The number of rotatable bonds is 3. The highest BCUT2D eigenvalue weighted by molar-refractivity contribution is 7.99. The quantitative estimate of drug-likeness (QED) is 0.841. The van der Waals surface area contributed by atoms with Gasteiger partial charge in [0.2, 0.25) is 0 Å². The Bertz CT molecular complexity index is 318. The van der Waals surface area contributed by atoms with Crippen LogP contribution in [0.4, 0.5) is 0 Å². The lowest BCUT2D eigenvalue weighted by atomic mass is 9.77. The summed E-state index contributed by atoms with van der Waals surface area (Å²) in [6.07, 6.45) is 3.30. The van der Waals surface area contributed by atoms with Crippen molar-refractivity contribution in [2.24, 2.45) is 0 Å². The molecule has 1 heterocycles. The first kappa shape index (κ1) is 12.0. The van der Waals surface area contributed by atoms with Gasteiger partial charge in [0, 0.05) is 18.5 Å². The van der Waals surface area contributed by atoms with E-state index >= 15 is 0 Å². The Hall–Kier alpha value is -0.510. The standard InChI is InChI=1S/C13H20N2S/c1-3-13(11-7-5-4-6-8-11)9-14-12(16-2)15-10-13/h4-8,12,14-15H,3,9-10H2,1-2H3. The van der Waals surface area contributed by atoms with Crippen LogP contribution < -0.4 is 10.6 Å². The Morgan fingerprint density at radius 2 is 1.88 bits per heavy atom. The molecule has 1 aliphatic heterocycles. The molecule has 1 aromatic rings.